The molecule has 1 aliphatic rings. The highest BCUT2D eigenvalue weighted by molar-refractivity contribution is 8.00. The molecule has 1 aromatic carbocycles. The van der Waals surface area contributed by atoms with E-state index in [-0.39, 0.29) is 17.4 Å². The van der Waals surface area contributed by atoms with Gasteiger partial charge in [0.05, 0.1) is 11.4 Å². The van der Waals surface area contributed by atoms with E-state index < -0.39 is 12.0 Å². The van der Waals surface area contributed by atoms with Crippen LogP contribution in [0, 0.1) is 0 Å². The molecule has 2 N–H and O–H groups in total. The number of carbonyl (C=O) groups excluding carboxylic acids is 1. The quantitative estimate of drug-likeness (QED) is 0.897. The second-order valence-electron chi connectivity index (χ2n) is 5.01. The molecule has 6 heteroatoms. The van der Waals surface area contributed by atoms with Gasteiger partial charge in [-0.3, -0.25) is 4.90 Å². The van der Waals surface area contributed by atoms with Gasteiger partial charge in [0, 0.05) is 5.75 Å². The second-order valence-corrected chi connectivity index (χ2v) is 6.36. The standard InChI is InChI=1S/C15H20N2O3S/c1-3-12(11-7-5-4-6-8-11)16-15(20)17-10(2)21-9-13(17)14(18)19/h4-8,10,12-13H,3,9H2,1-2H3,(H,16,20)(H,18,19). The molecule has 1 aliphatic heterocycles. The summed E-state index contributed by atoms with van der Waals surface area (Å²) in [4.78, 5) is 25.1. The highest BCUT2D eigenvalue weighted by Gasteiger charge is 2.39. The molecule has 114 valence electrons. The lowest BCUT2D eigenvalue weighted by atomic mass is 10.1. The molecule has 2 amide bonds. The Morgan fingerprint density at radius 2 is 2.10 bits per heavy atom. The van der Waals surface area contributed by atoms with Gasteiger partial charge >= 0.3 is 12.0 Å². The second kappa shape index (κ2) is 6.85. The van der Waals surface area contributed by atoms with Crippen molar-refractivity contribution >= 4 is 23.8 Å². The molecular weight excluding hydrogens is 288 g/mol. The van der Waals surface area contributed by atoms with Crippen LogP contribution in [0.15, 0.2) is 30.3 Å². The van der Waals surface area contributed by atoms with E-state index in [0.29, 0.717) is 5.75 Å². The van der Waals surface area contributed by atoms with E-state index >= 15 is 0 Å². The summed E-state index contributed by atoms with van der Waals surface area (Å²) in [5, 5.41) is 12.0. The van der Waals surface area contributed by atoms with Crippen LogP contribution in [0.2, 0.25) is 0 Å². The van der Waals surface area contributed by atoms with Crippen LogP contribution in [0.4, 0.5) is 4.79 Å². The predicted octanol–water partition coefficient (Wildman–Crippen LogP) is 2.70. The number of nitrogens with zero attached hydrogens (tertiary/aromatic N) is 1. The van der Waals surface area contributed by atoms with Gasteiger partial charge in [-0.15, -0.1) is 11.8 Å². The highest BCUT2D eigenvalue weighted by Crippen LogP contribution is 2.29. The normalized spacial score (nSPS) is 22.9. The highest BCUT2D eigenvalue weighted by atomic mass is 32.2. The third kappa shape index (κ3) is 3.50. The van der Waals surface area contributed by atoms with E-state index in [1.165, 1.54) is 16.7 Å². The minimum atomic E-state index is -0.949. The molecule has 0 spiro atoms. The van der Waals surface area contributed by atoms with E-state index in [1.54, 1.807) is 0 Å². The van der Waals surface area contributed by atoms with Crippen molar-refractivity contribution in [3.8, 4) is 0 Å². The number of rotatable bonds is 4. The van der Waals surface area contributed by atoms with Crippen LogP contribution < -0.4 is 5.32 Å². The van der Waals surface area contributed by atoms with Crippen LogP contribution >= 0.6 is 11.8 Å². The lowest BCUT2D eigenvalue weighted by Crippen LogP contribution is -2.50. The van der Waals surface area contributed by atoms with Crippen molar-refractivity contribution in [3.05, 3.63) is 35.9 Å². The van der Waals surface area contributed by atoms with Crippen molar-refractivity contribution < 1.29 is 14.7 Å². The van der Waals surface area contributed by atoms with Gasteiger partial charge in [0.25, 0.3) is 0 Å². The molecule has 5 nitrogen and oxygen atoms in total. The van der Waals surface area contributed by atoms with E-state index in [9.17, 15) is 14.7 Å². The monoisotopic (exact) mass is 308 g/mol. The van der Waals surface area contributed by atoms with Gasteiger partial charge in [-0.2, -0.15) is 0 Å². The summed E-state index contributed by atoms with van der Waals surface area (Å²) in [6.45, 7) is 3.85. The fourth-order valence-corrected chi connectivity index (χ4v) is 3.64. The Balaban J connectivity index is 2.10. The number of nitrogens with one attached hydrogen (secondary N) is 1. The fraction of sp³-hybridized carbons (Fsp3) is 0.467. The molecule has 2 rings (SSSR count). The molecule has 0 aliphatic carbocycles. The summed E-state index contributed by atoms with van der Waals surface area (Å²) in [5.41, 5.74) is 1.03. The largest absolute Gasteiger partial charge is 0.480 e. The van der Waals surface area contributed by atoms with E-state index in [2.05, 4.69) is 5.32 Å². The van der Waals surface area contributed by atoms with Crippen LogP contribution in [-0.4, -0.2) is 39.2 Å². The number of amides is 2. The average molecular weight is 308 g/mol. The SMILES string of the molecule is CCC(NC(=O)N1C(C)SCC1C(=O)O)c1ccccc1. The van der Waals surface area contributed by atoms with Crippen molar-refractivity contribution in [3.63, 3.8) is 0 Å². The number of carboxylic acid groups (broad SMARTS) is 1. The third-order valence-corrected chi connectivity index (χ3v) is 4.87. The Hall–Kier alpha value is -1.69. The lowest BCUT2D eigenvalue weighted by molar-refractivity contribution is -0.141. The summed E-state index contributed by atoms with van der Waals surface area (Å²) >= 11 is 1.48. The average Bonchev–Trinajstić information content (AvgIpc) is 2.87. The molecule has 1 aromatic rings. The predicted molar refractivity (Wildman–Crippen MR) is 83.2 cm³/mol. The molecule has 1 fully saturated rings. The number of thioether (sulfide) groups is 1. The van der Waals surface area contributed by atoms with E-state index in [0.717, 1.165) is 12.0 Å². The third-order valence-electron chi connectivity index (χ3n) is 3.65. The number of carboxylic acids is 1. The Labute approximate surface area is 128 Å². The van der Waals surface area contributed by atoms with Crippen molar-refractivity contribution in [2.45, 2.75) is 37.7 Å². The molecule has 3 unspecified atom stereocenters. The zero-order valence-electron chi connectivity index (χ0n) is 12.2. The number of hydrogen-bond donors (Lipinski definition) is 2. The van der Waals surface area contributed by atoms with Crippen molar-refractivity contribution in [1.29, 1.82) is 0 Å². The number of aliphatic carboxylic acids is 1. The summed E-state index contributed by atoms with van der Waals surface area (Å²) in [5.74, 6) is -0.513. The van der Waals surface area contributed by atoms with Crippen LogP contribution in [0.3, 0.4) is 0 Å². The first-order chi connectivity index (χ1) is 10.0. The molecule has 3 atom stereocenters. The Morgan fingerprint density at radius 1 is 1.43 bits per heavy atom. The first-order valence-corrected chi connectivity index (χ1v) is 8.07. The van der Waals surface area contributed by atoms with Crippen LogP contribution in [-0.2, 0) is 4.79 Å². The first kappa shape index (κ1) is 15.7. The van der Waals surface area contributed by atoms with Gasteiger partial charge in [-0.1, -0.05) is 37.3 Å². The van der Waals surface area contributed by atoms with Gasteiger partial charge < -0.3 is 10.4 Å². The van der Waals surface area contributed by atoms with Gasteiger partial charge in [-0.25, -0.2) is 9.59 Å². The van der Waals surface area contributed by atoms with Crippen molar-refractivity contribution in [1.82, 2.24) is 10.2 Å². The maximum Gasteiger partial charge on any atom is 0.327 e. The van der Waals surface area contributed by atoms with Crippen molar-refractivity contribution in [2.24, 2.45) is 0 Å². The zero-order chi connectivity index (χ0) is 15.4. The molecular formula is C15H20N2O3S. The van der Waals surface area contributed by atoms with Gasteiger partial charge in [-0.05, 0) is 18.9 Å². The summed E-state index contributed by atoms with van der Waals surface area (Å²) < 4.78 is 0. The van der Waals surface area contributed by atoms with Crippen LogP contribution in [0.1, 0.15) is 31.9 Å². The number of hydrogen-bond acceptors (Lipinski definition) is 3. The summed E-state index contributed by atoms with van der Waals surface area (Å²) in [7, 11) is 0. The molecule has 0 bridgehead atoms. The first-order valence-electron chi connectivity index (χ1n) is 7.02. The Bertz CT molecular complexity index is 509. The molecule has 0 aromatic heterocycles. The Kier molecular flexibility index (Phi) is 5.12. The van der Waals surface area contributed by atoms with Gasteiger partial charge in [0.2, 0.25) is 0 Å². The summed E-state index contributed by atoms with van der Waals surface area (Å²) in [6, 6.07) is 8.55. The summed E-state index contributed by atoms with van der Waals surface area (Å²) in [6.07, 6.45) is 0.753. The van der Waals surface area contributed by atoms with E-state index in [1.807, 2.05) is 44.2 Å². The zero-order valence-corrected chi connectivity index (χ0v) is 13.0. The van der Waals surface area contributed by atoms with Crippen LogP contribution in [0.5, 0.6) is 0 Å². The maximum atomic E-state index is 12.5. The molecule has 0 saturated carbocycles. The number of benzene rings is 1. The molecule has 21 heavy (non-hydrogen) atoms. The topological polar surface area (TPSA) is 69.6 Å². The van der Waals surface area contributed by atoms with Crippen LogP contribution in [0.25, 0.3) is 0 Å². The Morgan fingerprint density at radius 3 is 2.67 bits per heavy atom. The maximum absolute atomic E-state index is 12.5. The minimum absolute atomic E-state index is 0.106. The smallest absolute Gasteiger partial charge is 0.327 e. The van der Waals surface area contributed by atoms with E-state index in [4.69, 9.17) is 0 Å². The number of urea groups is 1. The van der Waals surface area contributed by atoms with Crippen molar-refractivity contribution in [2.75, 3.05) is 5.75 Å². The minimum Gasteiger partial charge on any atom is -0.480 e. The fourth-order valence-electron chi connectivity index (χ4n) is 2.47. The number of carbonyl (C=O) groups is 2. The van der Waals surface area contributed by atoms with Gasteiger partial charge in [0.1, 0.15) is 6.04 Å². The lowest BCUT2D eigenvalue weighted by Gasteiger charge is -2.28. The molecule has 1 heterocycles. The molecule has 1 saturated heterocycles. The molecule has 0 radical (unpaired) electrons. The van der Waals surface area contributed by atoms with Gasteiger partial charge in [0.15, 0.2) is 0 Å².